The normalized spacial score (nSPS) is 39.5. The molecule has 5 unspecified atom stereocenters. The third-order valence-corrected chi connectivity index (χ3v) is 7.24. The molecule has 3 nitrogen and oxygen atoms in total. The zero-order valence-electron chi connectivity index (χ0n) is 15.8. The van der Waals surface area contributed by atoms with E-state index >= 15 is 0 Å². The lowest BCUT2D eigenvalue weighted by molar-refractivity contribution is -0.114. The first-order valence-electron chi connectivity index (χ1n) is 9.88. The lowest BCUT2D eigenvalue weighted by atomic mass is 9.53. The first-order chi connectivity index (χ1) is 12.0. The summed E-state index contributed by atoms with van der Waals surface area (Å²) in [7, 11) is 1.50. The van der Waals surface area contributed by atoms with Crippen LogP contribution in [0.25, 0.3) is 0 Å². The Morgan fingerprint density at radius 3 is 2.76 bits per heavy atom. The fourth-order valence-electron chi connectivity index (χ4n) is 6.22. The molecule has 0 aliphatic heterocycles. The number of hydrogen-bond donors (Lipinski definition) is 2. The van der Waals surface area contributed by atoms with Crippen LogP contribution in [0.5, 0.6) is 0 Å². The van der Waals surface area contributed by atoms with Crippen LogP contribution in [0, 0.1) is 23.2 Å². The number of ketones is 1. The Bertz CT molecular complexity index is 618. The Hall–Kier alpha value is -1.19. The Balaban J connectivity index is 0.000000880. The Kier molecular flexibility index (Phi) is 5.36. The van der Waals surface area contributed by atoms with Crippen LogP contribution in [0.1, 0.15) is 58.3 Å². The first kappa shape index (κ1) is 18.6. The van der Waals surface area contributed by atoms with Gasteiger partial charge in [-0.3, -0.25) is 4.79 Å². The van der Waals surface area contributed by atoms with Gasteiger partial charge in [0.05, 0.1) is 6.10 Å². The van der Waals surface area contributed by atoms with E-state index in [1.807, 2.05) is 12.2 Å². The van der Waals surface area contributed by atoms with Crippen molar-refractivity contribution >= 4 is 5.78 Å². The van der Waals surface area contributed by atoms with E-state index in [1.54, 1.807) is 5.57 Å². The molecule has 0 bridgehead atoms. The number of carbonyl (C=O) groups is 1. The van der Waals surface area contributed by atoms with Crippen LogP contribution in [-0.4, -0.2) is 24.0 Å². The van der Waals surface area contributed by atoms with Crippen LogP contribution < -0.4 is 5.73 Å². The summed E-state index contributed by atoms with van der Waals surface area (Å²) in [6, 6.07) is 0. The summed E-state index contributed by atoms with van der Waals surface area (Å²) in [5, 5.41) is 10.6. The van der Waals surface area contributed by atoms with E-state index in [9.17, 15) is 9.90 Å². The fourth-order valence-corrected chi connectivity index (χ4v) is 6.22. The average Bonchev–Trinajstić information content (AvgIpc) is 2.91. The summed E-state index contributed by atoms with van der Waals surface area (Å²) >= 11 is 0. The molecule has 0 saturated heterocycles. The van der Waals surface area contributed by atoms with Crippen LogP contribution in [-0.2, 0) is 4.79 Å². The lowest BCUT2D eigenvalue weighted by Gasteiger charge is -2.51. The summed E-state index contributed by atoms with van der Waals surface area (Å²) in [6.45, 7) is 6.30. The summed E-state index contributed by atoms with van der Waals surface area (Å²) < 4.78 is 0. The number of rotatable bonds is 2. The maximum absolute atomic E-state index is 11.8. The molecule has 0 aromatic heterocycles. The Morgan fingerprint density at radius 2 is 2.04 bits per heavy atom. The van der Waals surface area contributed by atoms with Crippen molar-refractivity contribution in [2.45, 2.75) is 64.4 Å². The standard InChI is InChI=1S/C21H28O2.CH5N/c1-3-4-14-12-21(2)18(9-10-19(21)23)17-7-5-13-11-15(22)6-8-16(13)20(14)17;1-2/h3,11,14,17-19,23H,1,4-10,12H2,2H3;2H2,1H3. The van der Waals surface area contributed by atoms with Gasteiger partial charge in [-0.25, -0.2) is 0 Å². The van der Waals surface area contributed by atoms with Gasteiger partial charge in [0.25, 0.3) is 0 Å². The molecule has 4 aliphatic carbocycles. The number of allylic oxidation sites excluding steroid dienone is 5. The number of aliphatic hydroxyl groups excluding tert-OH is 1. The van der Waals surface area contributed by atoms with E-state index in [1.165, 1.54) is 24.6 Å². The molecule has 2 saturated carbocycles. The predicted octanol–water partition coefficient (Wildman–Crippen LogP) is 3.93. The molecule has 3 N–H and O–H groups in total. The van der Waals surface area contributed by atoms with Gasteiger partial charge in [0.2, 0.25) is 0 Å². The van der Waals surface area contributed by atoms with Crippen molar-refractivity contribution < 1.29 is 9.90 Å². The molecule has 0 heterocycles. The number of fused-ring (bicyclic) bond motifs is 4. The number of hydrogen-bond acceptors (Lipinski definition) is 3. The Morgan fingerprint density at radius 1 is 1.28 bits per heavy atom. The van der Waals surface area contributed by atoms with Gasteiger partial charge in [-0.2, -0.15) is 0 Å². The van der Waals surface area contributed by atoms with E-state index in [0.717, 1.165) is 38.5 Å². The van der Waals surface area contributed by atoms with Crippen molar-refractivity contribution in [3.05, 3.63) is 35.5 Å². The van der Waals surface area contributed by atoms with Gasteiger partial charge in [-0.1, -0.05) is 18.6 Å². The Labute approximate surface area is 152 Å². The van der Waals surface area contributed by atoms with Crippen molar-refractivity contribution in [1.82, 2.24) is 0 Å². The zero-order chi connectivity index (χ0) is 18.2. The highest BCUT2D eigenvalue weighted by molar-refractivity contribution is 5.93. The molecule has 0 spiro atoms. The van der Waals surface area contributed by atoms with Crippen LogP contribution in [0.2, 0.25) is 0 Å². The molecule has 2 fully saturated rings. The van der Waals surface area contributed by atoms with E-state index in [-0.39, 0.29) is 11.5 Å². The molecular formula is C22H33NO2. The SMILES string of the molecule is C=CCC1CC2(C)C(O)CCC2C2CCC3=CC(=O)CCC3=C12.CN. The van der Waals surface area contributed by atoms with Crippen molar-refractivity contribution in [2.24, 2.45) is 28.9 Å². The molecule has 0 aromatic rings. The molecule has 5 atom stereocenters. The lowest BCUT2D eigenvalue weighted by Crippen LogP contribution is -2.45. The van der Waals surface area contributed by atoms with Gasteiger partial charge in [-0.15, -0.1) is 6.58 Å². The summed E-state index contributed by atoms with van der Waals surface area (Å²) in [6.07, 6.45) is 11.9. The van der Waals surface area contributed by atoms with Gasteiger partial charge in [0.1, 0.15) is 0 Å². The summed E-state index contributed by atoms with van der Waals surface area (Å²) in [5.41, 5.74) is 9.06. The highest BCUT2D eigenvalue weighted by Crippen LogP contribution is 2.62. The first-order valence-corrected chi connectivity index (χ1v) is 9.88. The maximum Gasteiger partial charge on any atom is 0.156 e. The van der Waals surface area contributed by atoms with Crippen molar-refractivity contribution in [2.75, 3.05) is 7.05 Å². The minimum Gasteiger partial charge on any atom is -0.393 e. The molecule has 0 radical (unpaired) electrons. The van der Waals surface area contributed by atoms with Crippen LogP contribution in [0.4, 0.5) is 0 Å². The van der Waals surface area contributed by atoms with Crippen LogP contribution in [0.3, 0.4) is 0 Å². The minimum absolute atomic E-state index is 0.0775. The highest BCUT2D eigenvalue weighted by atomic mass is 16.3. The van der Waals surface area contributed by atoms with Gasteiger partial charge in [0.15, 0.2) is 5.78 Å². The van der Waals surface area contributed by atoms with E-state index in [4.69, 9.17) is 0 Å². The third kappa shape index (κ3) is 2.96. The number of carbonyl (C=O) groups excluding carboxylic acids is 1. The number of aliphatic hydroxyl groups is 1. The summed E-state index contributed by atoms with van der Waals surface area (Å²) in [5.74, 6) is 2.06. The van der Waals surface area contributed by atoms with Gasteiger partial charge in [-0.05, 0) is 92.4 Å². The van der Waals surface area contributed by atoms with E-state index < -0.39 is 0 Å². The van der Waals surface area contributed by atoms with Crippen molar-refractivity contribution in [3.63, 3.8) is 0 Å². The van der Waals surface area contributed by atoms with Crippen LogP contribution in [0.15, 0.2) is 35.5 Å². The topological polar surface area (TPSA) is 63.3 Å². The predicted molar refractivity (Wildman–Crippen MR) is 102 cm³/mol. The quantitative estimate of drug-likeness (QED) is 0.747. The summed E-state index contributed by atoms with van der Waals surface area (Å²) in [4.78, 5) is 11.8. The smallest absolute Gasteiger partial charge is 0.156 e. The largest absolute Gasteiger partial charge is 0.393 e. The average molecular weight is 344 g/mol. The van der Waals surface area contributed by atoms with E-state index in [2.05, 4.69) is 19.2 Å². The molecule has 0 aromatic carbocycles. The maximum atomic E-state index is 11.8. The van der Waals surface area contributed by atoms with Gasteiger partial charge < -0.3 is 10.8 Å². The molecule has 0 amide bonds. The van der Waals surface area contributed by atoms with Crippen molar-refractivity contribution in [1.29, 1.82) is 0 Å². The van der Waals surface area contributed by atoms with Gasteiger partial charge >= 0.3 is 0 Å². The zero-order valence-corrected chi connectivity index (χ0v) is 15.8. The molecule has 4 rings (SSSR count). The second-order valence-corrected chi connectivity index (χ2v) is 8.35. The minimum atomic E-state index is -0.142. The second-order valence-electron chi connectivity index (χ2n) is 8.35. The molecule has 4 aliphatic rings. The monoisotopic (exact) mass is 343 g/mol. The van der Waals surface area contributed by atoms with Crippen LogP contribution >= 0.6 is 0 Å². The molecule has 25 heavy (non-hydrogen) atoms. The van der Waals surface area contributed by atoms with Gasteiger partial charge in [0, 0.05) is 6.42 Å². The molecule has 3 heteroatoms. The molecular weight excluding hydrogens is 310 g/mol. The highest BCUT2D eigenvalue weighted by Gasteiger charge is 2.55. The fraction of sp³-hybridized carbons (Fsp3) is 0.682. The molecule has 138 valence electrons. The van der Waals surface area contributed by atoms with E-state index in [0.29, 0.717) is 30.0 Å². The third-order valence-electron chi connectivity index (χ3n) is 7.24. The number of nitrogens with two attached hydrogens (primary N) is 1. The van der Waals surface area contributed by atoms with Crippen molar-refractivity contribution in [3.8, 4) is 0 Å². The second kappa shape index (κ2) is 7.20.